The lowest BCUT2D eigenvalue weighted by Gasteiger charge is -2.31. The van der Waals surface area contributed by atoms with Gasteiger partial charge in [-0.1, -0.05) is 60.1 Å². The van der Waals surface area contributed by atoms with Crippen molar-refractivity contribution in [3.05, 3.63) is 83.4 Å². The van der Waals surface area contributed by atoms with E-state index in [1.165, 1.54) is 0 Å². The zero-order chi connectivity index (χ0) is 24.2. The molecular formula is C26H23ClN6O2. The number of tetrazole rings is 1. The standard InChI is InChI=1S/C26H23ClN6O2/c27-23-10-9-19(17-5-2-1-3-6-17)16-22(23)26(35)33-13-11-18(12-14-33)25(34)28-21-8-4-7-20(15-21)24-29-31-32-30-24/h1-10,15-16,18H,11-14H2,(H,28,34)(H,29,30,31,32). The van der Waals surface area contributed by atoms with E-state index in [1.807, 2.05) is 66.7 Å². The molecule has 1 aliphatic heterocycles. The minimum absolute atomic E-state index is 0.0635. The van der Waals surface area contributed by atoms with Gasteiger partial charge in [-0.3, -0.25) is 9.59 Å². The lowest BCUT2D eigenvalue weighted by atomic mass is 9.95. The van der Waals surface area contributed by atoms with Crippen LogP contribution in [0.4, 0.5) is 5.69 Å². The summed E-state index contributed by atoms with van der Waals surface area (Å²) < 4.78 is 0. The molecule has 4 aromatic rings. The first-order valence-corrected chi connectivity index (χ1v) is 11.8. The molecule has 8 nitrogen and oxygen atoms in total. The SMILES string of the molecule is O=C(Nc1cccc(-c2nn[nH]n2)c1)C1CCN(C(=O)c2cc(-c3ccccc3)ccc2Cl)CC1. The lowest BCUT2D eigenvalue weighted by molar-refractivity contribution is -0.121. The van der Waals surface area contributed by atoms with Gasteiger partial charge in [0.15, 0.2) is 0 Å². The second-order valence-corrected chi connectivity index (χ2v) is 8.84. The number of H-pyrrole nitrogens is 1. The summed E-state index contributed by atoms with van der Waals surface area (Å²) in [6, 6.07) is 22.7. The Morgan fingerprint density at radius 1 is 0.914 bits per heavy atom. The topological polar surface area (TPSA) is 104 Å². The number of nitrogens with one attached hydrogen (secondary N) is 2. The van der Waals surface area contributed by atoms with Crippen LogP contribution in [0, 0.1) is 5.92 Å². The van der Waals surface area contributed by atoms with Gasteiger partial charge in [-0.05, 0) is 53.4 Å². The van der Waals surface area contributed by atoms with Crippen LogP contribution in [0.5, 0.6) is 0 Å². The molecule has 35 heavy (non-hydrogen) atoms. The van der Waals surface area contributed by atoms with Crippen molar-refractivity contribution in [2.45, 2.75) is 12.8 Å². The quantitative estimate of drug-likeness (QED) is 0.426. The molecular weight excluding hydrogens is 464 g/mol. The zero-order valence-corrected chi connectivity index (χ0v) is 19.6. The number of nitrogens with zero attached hydrogens (tertiary/aromatic N) is 4. The van der Waals surface area contributed by atoms with Gasteiger partial charge in [0.25, 0.3) is 5.91 Å². The zero-order valence-electron chi connectivity index (χ0n) is 18.8. The van der Waals surface area contributed by atoms with Crippen molar-refractivity contribution in [2.75, 3.05) is 18.4 Å². The third-order valence-electron chi connectivity index (χ3n) is 6.19. The maximum atomic E-state index is 13.2. The van der Waals surface area contributed by atoms with Crippen molar-refractivity contribution in [3.63, 3.8) is 0 Å². The fourth-order valence-electron chi connectivity index (χ4n) is 4.28. The van der Waals surface area contributed by atoms with E-state index in [2.05, 4.69) is 25.9 Å². The van der Waals surface area contributed by atoms with Crippen molar-refractivity contribution in [1.29, 1.82) is 0 Å². The number of likely N-dealkylation sites (tertiary alicyclic amines) is 1. The molecule has 1 fully saturated rings. The van der Waals surface area contributed by atoms with Crippen molar-refractivity contribution in [2.24, 2.45) is 5.92 Å². The first-order chi connectivity index (χ1) is 17.1. The van der Waals surface area contributed by atoms with Gasteiger partial charge in [-0.15, -0.1) is 10.2 Å². The minimum Gasteiger partial charge on any atom is -0.339 e. The molecule has 0 radical (unpaired) electrons. The van der Waals surface area contributed by atoms with Crippen molar-refractivity contribution >= 4 is 29.1 Å². The van der Waals surface area contributed by atoms with Crippen LogP contribution in [0.25, 0.3) is 22.5 Å². The average Bonchev–Trinajstić information content (AvgIpc) is 3.45. The molecule has 1 saturated heterocycles. The second-order valence-electron chi connectivity index (χ2n) is 8.43. The smallest absolute Gasteiger partial charge is 0.255 e. The number of aromatic nitrogens is 4. The molecule has 9 heteroatoms. The van der Waals surface area contributed by atoms with Crippen LogP contribution in [0.1, 0.15) is 23.2 Å². The summed E-state index contributed by atoms with van der Waals surface area (Å²) in [5, 5.41) is 17.3. The van der Waals surface area contributed by atoms with E-state index in [-0.39, 0.29) is 17.7 Å². The predicted molar refractivity (Wildman–Crippen MR) is 134 cm³/mol. The Balaban J connectivity index is 1.22. The number of hydrogen-bond acceptors (Lipinski definition) is 5. The van der Waals surface area contributed by atoms with E-state index in [0.717, 1.165) is 16.7 Å². The largest absolute Gasteiger partial charge is 0.339 e. The summed E-state index contributed by atoms with van der Waals surface area (Å²) in [6.07, 6.45) is 1.16. The maximum absolute atomic E-state index is 13.2. The van der Waals surface area contributed by atoms with E-state index in [1.54, 1.807) is 11.0 Å². The van der Waals surface area contributed by atoms with Crippen molar-refractivity contribution < 1.29 is 9.59 Å². The highest BCUT2D eigenvalue weighted by Crippen LogP contribution is 2.28. The number of anilines is 1. The number of hydrogen-bond donors (Lipinski definition) is 2. The third kappa shape index (κ3) is 5.07. The van der Waals surface area contributed by atoms with E-state index >= 15 is 0 Å². The number of rotatable bonds is 5. The number of carbonyl (C=O) groups is 2. The Hall–Kier alpha value is -4.04. The first kappa shape index (κ1) is 22.7. The summed E-state index contributed by atoms with van der Waals surface area (Å²) in [7, 11) is 0. The third-order valence-corrected chi connectivity index (χ3v) is 6.52. The normalized spacial score (nSPS) is 14.0. The predicted octanol–water partition coefficient (Wildman–Crippen LogP) is 4.68. The van der Waals surface area contributed by atoms with Gasteiger partial charge >= 0.3 is 0 Å². The van der Waals surface area contributed by atoms with E-state index in [9.17, 15) is 9.59 Å². The van der Waals surface area contributed by atoms with Crippen LogP contribution >= 0.6 is 11.6 Å². The fourth-order valence-corrected chi connectivity index (χ4v) is 4.48. The van der Waals surface area contributed by atoms with Gasteiger partial charge in [-0.25, -0.2) is 0 Å². The molecule has 2 heterocycles. The number of halogens is 1. The molecule has 3 aromatic carbocycles. The minimum atomic E-state index is -0.181. The second kappa shape index (κ2) is 10.1. The molecule has 5 rings (SSSR count). The van der Waals surface area contributed by atoms with Crippen LogP contribution in [0.15, 0.2) is 72.8 Å². The van der Waals surface area contributed by atoms with E-state index in [4.69, 9.17) is 11.6 Å². The Kier molecular flexibility index (Phi) is 6.54. The fraction of sp³-hybridized carbons (Fsp3) is 0.192. The number of benzene rings is 3. The van der Waals surface area contributed by atoms with Crippen LogP contribution in [0.2, 0.25) is 5.02 Å². The van der Waals surface area contributed by atoms with Crippen molar-refractivity contribution in [1.82, 2.24) is 25.5 Å². The molecule has 176 valence electrons. The highest BCUT2D eigenvalue weighted by atomic mass is 35.5. The summed E-state index contributed by atoms with van der Waals surface area (Å²) in [5.74, 6) is 0.104. The average molecular weight is 487 g/mol. The van der Waals surface area contributed by atoms with E-state index in [0.29, 0.717) is 48.0 Å². The number of aromatic amines is 1. The molecule has 1 aromatic heterocycles. The number of piperidine rings is 1. The Bertz CT molecular complexity index is 1340. The monoisotopic (exact) mass is 486 g/mol. The highest BCUT2D eigenvalue weighted by Gasteiger charge is 2.29. The summed E-state index contributed by atoms with van der Waals surface area (Å²) in [4.78, 5) is 27.9. The van der Waals surface area contributed by atoms with Gasteiger partial charge in [0.05, 0.1) is 10.6 Å². The van der Waals surface area contributed by atoms with Crippen LogP contribution in [-0.2, 0) is 4.79 Å². The van der Waals surface area contributed by atoms with Gasteiger partial charge in [0.1, 0.15) is 0 Å². The van der Waals surface area contributed by atoms with Gasteiger partial charge < -0.3 is 10.2 Å². The van der Waals surface area contributed by atoms with Gasteiger partial charge in [0, 0.05) is 30.3 Å². The number of carbonyl (C=O) groups excluding carboxylic acids is 2. The Labute approximate surface area is 207 Å². The van der Waals surface area contributed by atoms with Gasteiger partial charge in [0.2, 0.25) is 11.7 Å². The first-order valence-electron chi connectivity index (χ1n) is 11.4. The molecule has 2 amide bonds. The van der Waals surface area contributed by atoms with Crippen LogP contribution in [0.3, 0.4) is 0 Å². The molecule has 0 atom stereocenters. The van der Waals surface area contributed by atoms with Crippen LogP contribution in [-0.4, -0.2) is 50.4 Å². The lowest BCUT2D eigenvalue weighted by Crippen LogP contribution is -2.41. The molecule has 2 N–H and O–H groups in total. The summed E-state index contributed by atoms with van der Waals surface area (Å²) in [6.45, 7) is 0.984. The molecule has 0 aliphatic carbocycles. The number of amides is 2. The maximum Gasteiger partial charge on any atom is 0.255 e. The van der Waals surface area contributed by atoms with Crippen LogP contribution < -0.4 is 5.32 Å². The summed E-state index contributed by atoms with van der Waals surface area (Å²) >= 11 is 6.39. The van der Waals surface area contributed by atoms with E-state index < -0.39 is 0 Å². The molecule has 0 bridgehead atoms. The van der Waals surface area contributed by atoms with Crippen molar-refractivity contribution in [3.8, 4) is 22.5 Å². The molecule has 0 saturated carbocycles. The Morgan fingerprint density at radius 2 is 1.69 bits per heavy atom. The molecule has 1 aliphatic rings. The highest BCUT2D eigenvalue weighted by molar-refractivity contribution is 6.34. The Morgan fingerprint density at radius 3 is 2.43 bits per heavy atom. The van der Waals surface area contributed by atoms with Gasteiger partial charge in [-0.2, -0.15) is 5.21 Å². The molecule has 0 spiro atoms. The summed E-state index contributed by atoms with van der Waals surface area (Å²) in [5.41, 5.74) is 3.87. The molecule has 0 unspecified atom stereocenters.